The topological polar surface area (TPSA) is 64.5 Å². The summed E-state index contributed by atoms with van der Waals surface area (Å²) in [6.07, 6.45) is 18.4. The summed E-state index contributed by atoms with van der Waals surface area (Å²) in [5, 5.41) is 1.49. The number of nitrogens with zero attached hydrogens (tertiary/aromatic N) is 5. The van der Waals surface area contributed by atoms with E-state index in [0.717, 1.165) is 59.1 Å². The van der Waals surface area contributed by atoms with Crippen LogP contribution in [-0.4, -0.2) is 24.9 Å². The van der Waals surface area contributed by atoms with Crippen LogP contribution < -0.4 is 0 Å². The van der Waals surface area contributed by atoms with Crippen molar-refractivity contribution in [3.63, 3.8) is 0 Å². The number of halogens is 6. The number of pyridine rings is 5. The lowest BCUT2D eigenvalue weighted by molar-refractivity contribution is 0.620. The lowest BCUT2D eigenvalue weighted by atomic mass is 10.2. The average Bonchev–Trinajstić information content (AvgIpc) is 3.47. The minimum Gasteiger partial charge on any atom is -0.261 e. The van der Waals surface area contributed by atoms with Gasteiger partial charge in [-0.05, 0) is 208 Å². The summed E-state index contributed by atoms with van der Waals surface area (Å²) in [5.41, 5.74) is 15.5. The summed E-state index contributed by atoms with van der Waals surface area (Å²) >= 11 is 17.8. The van der Waals surface area contributed by atoms with Crippen molar-refractivity contribution in [3.05, 3.63) is 322 Å². The standard InChI is InChI=1S/C9H8.C8H7N.C8H10.C7H7Br.C7H7Cl.C7H7F.C7H9N.C6H6BrN.C6H6ClN.C6H6FN.CH4/c1-3-9-6-4-8(2)5-7-9;1-3-8-5-4-7(2)9-6-8;1-7-3-5-8(2)6-4-7;3*1-6-2-4-7(8)5-3-6;1-6-3-4-7(2)8-5-6;3*1-5-2-3-6(7)4-8-5;/h1,4-7H,2H3;1,4-6H,2H3;3-6H,1-2H3;3*2-5H,1H3;3-5H,1-2H3;3*2-4H,1H3;1H4. The molecule has 5 aromatic heterocycles. The van der Waals surface area contributed by atoms with Crippen LogP contribution in [0.25, 0.3) is 0 Å². The second kappa shape index (κ2) is 45.0. The number of terminal acetylenes is 2. The molecule has 11 heteroatoms. The first-order valence-corrected chi connectivity index (χ1v) is 28.1. The second-order valence-electron chi connectivity index (χ2n) is 18.2. The molecule has 0 bridgehead atoms. The van der Waals surface area contributed by atoms with Gasteiger partial charge < -0.3 is 0 Å². The van der Waals surface area contributed by atoms with Gasteiger partial charge in [0.15, 0.2) is 0 Å². The minimum atomic E-state index is -0.282. The third-order valence-corrected chi connectivity index (χ3v) is 11.7. The van der Waals surface area contributed by atoms with Gasteiger partial charge in [-0.25, -0.2) is 8.78 Å². The zero-order chi connectivity index (χ0) is 61.2. The maximum atomic E-state index is 12.1. The van der Waals surface area contributed by atoms with Gasteiger partial charge in [-0.3, -0.25) is 24.9 Å². The van der Waals surface area contributed by atoms with E-state index < -0.39 is 0 Å². The molecule has 0 spiro atoms. The van der Waals surface area contributed by atoms with E-state index in [2.05, 4.69) is 132 Å². The smallest absolute Gasteiger partial charge is 0.141 e. The van der Waals surface area contributed by atoms with Gasteiger partial charge in [0.25, 0.3) is 0 Å². The molecule has 0 aliphatic rings. The Labute approximate surface area is 522 Å². The third kappa shape index (κ3) is 41.9. The molecule has 0 fully saturated rings. The number of benzene rings is 5. The molecular formula is C72H77Br2Cl2F2N5. The molecule has 0 aliphatic heterocycles. The van der Waals surface area contributed by atoms with Crippen LogP contribution in [0.3, 0.4) is 0 Å². The Morgan fingerprint density at radius 3 is 0.867 bits per heavy atom. The third-order valence-electron chi connectivity index (χ3n) is 10.2. The molecule has 0 saturated heterocycles. The maximum absolute atomic E-state index is 12.1. The second-order valence-corrected chi connectivity index (χ2v) is 20.9. The van der Waals surface area contributed by atoms with Crippen molar-refractivity contribution < 1.29 is 8.78 Å². The SMILES string of the molecule is C.C#Cc1ccc(C)cc1.C#Cc1ccc(C)nc1.Cc1ccc(Br)cc1.Cc1ccc(Br)cn1.Cc1ccc(C)cc1.Cc1ccc(C)nc1.Cc1ccc(Cl)cc1.Cc1ccc(Cl)cn1.Cc1ccc(F)cc1.Cc1ccc(F)cn1. The molecule has 83 heavy (non-hydrogen) atoms. The molecule has 0 aliphatic carbocycles. The Morgan fingerprint density at radius 1 is 0.301 bits per heavy atom. The van der Waals surface area contributed by atoms with Crippen molar-refractivity contribution in [1.82, 2.24) is 24.9 Å². The molecule has 5 nitrogen and oxygen atoms in total. The lowest BCUT2D eigenvalue weighted by Gasteiger charge is -1.90. The Balaban J connectivity index is 0.000000899. The average molecular weight is 1280 g/mol. The van der Waals surface area contributed by atoms with Crippen LogP contribution in [0.4, 0.5) is 8.78 Å². The number of hydrogen-bond donors (Lipinski definition) is 0. The van der Waals surface area contributed by atoms with E-state index >= 15 is 0 Å². The Kier molecular flexibility index (Phi) is 40.8. The normalized spacial score (nSPS) is 8.96. The van der Waals surface area contributed by atoms with Crippen LogP contribution >= 0.6 is 55.1 Å². The van der Waals surface area contributed by atoms with Crippen LogP contribution in [-0.2, 0) is 0 Å². The largest absolute Gasteiger partial charge is 0.261 e. The number of hydrogen-bond acceptors (Lipinski definition) is 5. The van der Waals surface area contributed by atoms with Crippen LogP contribution in [0.15, 0.2) is 222 Å². The van der Waals surface area contributed by atoms with Crippen molar-refractivity contribution in [1.29, 1.82) is 0 Å². The highest BCUT2D eigenvalue weighted by molar-refractivity contribution is 9.10. The van der Waals surface area contributed by atoms with Crippen molar-refractivity contribution in [2.24, 2.45) is 0 Å². The first kappa shape index (κ1) is 75.4. The quantitative estimate of drug-likeness (QED) is 0.142. The minimum absolute atomic E-state index is 0. The predicted molar refractivity (Wildman–Crippen MR) is 358 cm³/mol. The van der Waals surface area contributed by atoms with E-state index in [4.69, 9.17) is 36.0 Å². The molecule has 0 radical (unpaired) electrons. The molecule has 0 N–H and O–H groups in total. The van der Waals surface area contributed by atoms with E-state index in [1.54, 1.807) is 36.8 Å². The highest BCUT2D eigenvalue weighted by Gasteiger charge is 1.89. The summed E-state index contributed by atoms with van der Waals surface area (Å²) in [7, 11) is 0. The van der Waals surface area contributed by atoms with Crippen molar-refractivity contribution in [2.45, 2.75) is 90.5 Å². The zero-order valence-electron chi connectivity index (χ0n) is 48.9. The van der Waals surface area contributed by atoms with Crippen LogP contribution in [0.1, 0.15) is 86.0 Å². The Bertz CT molecular complexity index is 2570. The molecule has 0 saturated carbocycles. The number of rotatable bonds is 0. The van der Waals surface area contributed by atoms with Crippen molar-refractivity contribution in [2.75, 3.05) is 0 Å². The molecule has 0 amide bonds. The van der Waals surface area contributed by atoms with Gasteiger partial charge in [0.1, 0.15) is 11.6 Å². The molecule has 0 unspecified atom stereocenters. The van der Waals surface area contributed by atoms with E-state index in [1.165, 1.54) is 57.8 Å². The first-order chi connectivity index (χ1) is 39.0. The first-order valence-electron chi connectivity index (χ1n) is 25.7. The summed E-state index contributed by atoms with van der Waals surface area (Å²) in [6, 6.07) is 57.3. The van der Waals surface area contributed by atoms with E-state index in [0.29, 0.717) is 5.02 Å². The van der Waals surface area contributed by atoms with Crippen LogP contribution in [0.2, 0.25) is 10.0 Å². The highest BCUT2D eigenvalue weighted by atomic mass is 79.9. The monoisotopic (exact) mass is 1280 g/mol. The Hall–Kier alpha value is -7.63. The molecule has 10 aromatic rings. The van der Waals surface area contributed by atoms with Gasteiger partial charge in [0, 0.05) is 78.4 Å². The maximum Gasteiger partial charge on any atom is 0.141 e. The van der Waals surface area contributed by atoms with Gasteiger partial charge in [0.2, 0.25) is 0 Å². The fourth-order valence-corrected chi connectivity index (χ4v) is 6.07. The van der Waals surface area contributed by atoms with Gasteiger partial charge in [-0.1, -0.05) is 171 Å². The van der Waals surface area contributed by atoms with Gasteiger partial charge in [-0.2, -0.15) is 0 Å². The van der Waals surface area contributed by atoms with E-state index in [9.17, 15) is 8.78 Å². The molecule has 10 rings (SSSR count). The van der Waals surface area contributed by atoms with Crippen LogP contribution in [0, 0.1) is 119 Å². The van der Waals surface area contributed by atoms with Gasteiger partial charge in [-0.15, -0.1) is 12.8 Å². The van der Waals surface area contributed by atoms with Gasteiger partial charge >= 0.3 is 0 Å². The van der Waals surface area contributed by atoms with Crippen molar-refractivity contribution >= 4 is 55.1 Å². The van der Waals surface area contributed by atoms with E-state index in [-0.39, 0.29) is 19.1 Å². The summed E-state index contributed by atoms with van der Waals surface area (Å²) in [5.74, 6) is 4.59. The lowest BCUT2D eigenvalue weighted by Crippen LogP contribution is -1.79. The molecule has 5 heterocycles. The molecular weight excluding hydrogens is 1200 g/mol. The number of aryl methyl sites for hydroxylation is 12. The summed E-state index contributed by atoms with van der Waals surface area (Å²) in [6.45, 7) is 23.9. The summed E-state index contributed by atoms with van der Waals surface area (Å²) < 4.78 is 26.3. The fraction of sp³-hybridized carbons (Fsp3) is 0.181. The Morgan fingerprint density at radius 2 is 0.590 bits per heavy atom. The zero-order valence-corrected chi connectivity index (χ0v) is 53.5. The summed E-state index contributed by atoms with van der Waals surface area (Å²) in [4.78, 5) is 19.8. The molecule has 432 valence electrons. The van der Waals surface area contributed by atoms with Crippen molar-refractivity contribution in [3.8, 4) is 24.7 Å². The molecule has 0 atom stereocenters. The van der Waals surface area contributed by atoms with Gasteiger partial charge in [0.05, 0.1) is 11.2 Å². The van der Waals surface area contributed by atoms with E-state index in [1.807, 2.05) is 172 Å². The predicted octanol–water partition coefficient (Wildman–Crippen LogP) is 21.3. The number of aromatic nitrogens is 5. The fourth-order valence-electron chi connectivity index (χ4n) is 5.33. The highest BCUT2D eigenvalue weighted by Crippen LogP contribution is 2.10. The molecule has 5 aromatic carbocycles. The van der Waals surface area contributed by atoms with Crippen LogP contribution in [0.5, 0.6) is 0 Å².